The highest BCUT2D eigenvalue weighted by Crippen LogP contribution is 2.33. The molecule has 1 atom stereocenters. The summed E-state index contributed by atoms with van der Waals surface area (Å²) >= 11 is 1.51. The molecule has 1 heterocycles. The van der Waals surface area contributed by atoms with Crippen LogP contribution in [-0.4, -0.2) is 39.6 Å². The summed E-state index contributed by atoms with van der Waals surface area (Å²) in [5.74, 6) is 0.130. The summed E-state index contributed by atoms with van der Waals surface area (Å²) in [6.45, 7) is 0. The topological polar surface area (TPSA) is 94.6 Å². The minimum atomic E-state index is -3.96. The zero-order chi connectivity index (χ0) is 24.8. The summed E-state index contributed by atoms with van der Waals surface area (Å²) in [4.78, 5) is 17.8. The third-order valence-corrected chi connectivity index (χ3v) is 7.94. The minimum Gasteiger partial charge on any atom is -0.497 e. The fourth-order valence-corrected chi connectivity index (χ4v) is 5.61. The zero-order valence-electron chi connectivity index (χ0n) is 19.2. The second kappa shape index (κ2) is 10.8. The molecule has 4 rings (SSSR count). The largest absolute Gasteiger partial charge is 0.497 e. The van der Waals surface area contributed by atoms with Gasteiger partial charge in [-0.15, -0.1) is 11.3 Å². The van der Waals surface area contributed by atoms with Crippen LogP contribution in [0.25, 0.3) is 21.0 Å². The lowest BCUT2D eigenvalue weighted by molar-refractivity contribution is -0.142. The molecule has 0 aliphatic carbocycles. The van der Waals surface area contributed by atoms with E-state index in [2.05, 4.69) is 9.71 Å². The van der Waals surface area contributed by atoms with Crippen molar-refractivity contribution in [3.8, 4) is 26.8 Å². The van der Waals surface area contributed by atoms with E-state index in [4.69, 9.17) is 9.47 Å². The van der Waals surface area contributed by atoms with Gasteiger partial charge in [0.25, 0.3) is 0 Å². The van der Waals surface area contributed by atoms with Crippen molar-refractivity contribution in [1.29, 1.82) is 0 Å². The molecule has 35 heavy (non-hydrogen) atoms. The SMILES string of the molecule is COC(=O)C(Cc1ccccc1)NS(=O)(=O)c1ccc(-c2ncc(-c3ccc(OC)cc3)s2)cc1. The number of carbonyl (C=O) groups excluding carboxylic acids is 1. The Kier molecular flexibility index (Phi) is 7.60. The predicted octanol–water partition coefficient (Wildman–Crippen LogP) is 4.55. The molecule has 7 nitrogen and oxygen atoms in total. The van der Waals surface area contributed by atoms with Crippen molar-refractivity contribution in [3.63, 3.8) is 0 Å². The first-order valence-corrected chi connectivity index (χ1v) is 13.0. The van der Waals surface area contributed by atoms with Crippen molar-refractivity contribution in [2.75, 3.05) is 14.2 Å². The Hall–Kier alpha value is -3.53. The van der Waals surface area contributed by atoms with Gasteiger partial charge in [0.1, 0.15) is 16.8 Å². The molecule has 0 radical (unpaired) electrons. The van der Waals surface area contributed by atoms with E-state index in [0.29, 0.717) is 0 Å². The van der Waals surface area contributed by atoms with Crippen LogP contribution in [0.1, 0.15) is 5.56 Å². The van der Waals surface area contributed by atoms with Crippen LogP contribution in [-0.2, 0) is 26.0 Å². The van der Waals surface area contributed by atoms with Crippen LogP contribution in [0.4, 0.5) is 0 Å². The summed E-state index contributed by atoms with van der Waals surface area (Å²) in [5.41, 5.74) is 2.63. The van der Waals surface area contributed by atoms with E-state index in [9.17, 15) is 13.2 Å². The van der Waals surface area contributed by atoms with Crippen LogP contribution >= 0.6 is 11.3 Å². The number of ether oxygens (including phenoxy) is 2. The second-order valence-corrected chi connectivity index (χ2v) is 10.4. The van der Waals surface area contributed by atoms with Crippen molar-refractivity contribution >= 4 is 27.3 Å². The lowest BCUT2D eigenvalue weighted by Crippen LogP contribution is -2.42. The average molecular weight is 509 g/mol. The van der Waals surface area contributed by atoms with Crippen LogP contribution < -0.4 is 9.46 Å². The molecule has 4 aromatic rings. The second-order valence-electron chi connectivity index (χ2n) is 7.67. The lowest BCUT2D eigenvalue weighted by Gasteiger charge is -2.17. The molecule has 0 aliphatic rings. The number of carbonyl (C=O) groups is 1. The van der Waals surface area contributed by atoms with Crippen LogP contribution in [0.15, 0.2) is 90.0 Å². The summed E-state index contributed by atoms with van der Waals surface area (Å²) in [6, 6.07) is 22.2. The first-order chi connectivity index (χ1) is 16.9. The van der Waals surface area contributed by atoms with E-state index in [0.717, 1.165) is 32.3 Å². The number of thiazole rings is 1. The van der Waals surface area contributed by atoms with Gasteiger partial charge in [-0.25, -0.2) is 13.4 Å². The monoisotopic (exact) mass is 508 g/mol. The van der Waals surface area contributed by atoms with Crippen molar-refractivity contribution in [2.24, 2.45) is 0 Å². The molecule has 0 saturated carbocycles. The standard InChI is InChI=1S/C26H24N2O5S2/c1-32-21-12-8-19(9-13-21)24-17-27-25(34-24)20-10-14-22(15-11-20)35(30,31)28-23(26(29)33-2)16-18-6-4-3-5-7-18/h3-15,17,23,28H,16H2,1-2H3. The van der Waals surface area contributed by atoms with Gasteiger partial charge in [-0.3, -0.25) is 4.79 Å². The molecule has 180 valence electrons. The first kappa shape index (κ1) is 24.6. The van der Waals surface area contributed by atoms with Gasteiger partial charge in [0.2, 0.25) is 10.0 Å². The number of sulfonamides is 1. The van der Waals surface area contributed by atoms with Gasteiger partial charge in [0, 0.05) is 11.8 Å². The highest BCUT2D eigenvalue weighted by molar-refractivity contribution is 7.89. The highest BCUT2D eigenvalue weighted by atomic mass is 32.2. The zero-order valence-corrected chi connectivity index (χ0v) is 20.8. The maximum atomic E-state index is 13.0. The van der Waals surface area contributed by atoms with E-state index in [1.165, 1.54) is 30.6 Å². The van der Waals surface area contributed by atoms with Gasteiger partial charge in [-0.05, 0) is 53.9 Å². The normalized spacial score (nSPS) is 12.2. The average Bonchev–Trinajstić information content (AvgIpc) is 3.39. The fraction of sp³-hybridized carbons (Fsp3) is 0.154. The molecule has 1 unspecified atom stereocenters. The number of hydrogen-bond donors (Lipinski definition) is 1. The van der Waals surface area contributed by atoms with Crippen LogP contribution in [0.5, 0.6) is 5.75 Å². The van der Waals surface area contributed by atoms with Gasteiger partial charge in [-0.2, -0.15) is 4.72 Å². The summed E-state index contributed by atoms with van der Waals surface area (Å²) in [6.07, 6.45) is 1.97. The number of esters is 1. The van der Waals surface area contributed by atoms with Gasteiger partial charge in [0.05, 0.1) is 24.0 Å². The quantitative estimate of drug-likeness (QED) is 0.334. The van der Waals surface area contributed by atoms with Gasteiger partial charge in [-0.1, -0.05) is 42.5 Å². The summed E-state index contributed by atoms with van der Waals surface area (Å²) < 4.78 is 38.5. The molecular weight excluding hydrogens is 484 g/mol. The molecule has 0 fully saturated rings. The first-order valence-electron chi connectivity index (χ1n) is 10.7. The Morgan fingerprint density at radius 1 is 0.943 bits per heavy atom. The smallest absolute Gasteiger partial charge is 0.324 e. The van der Waals surface area contributed by atoms with E-state index >= 15 is 0 Å². The van der Waals surface area contributed by atoms with Gasteiger partial charge < -0.3 is 9.47 Å². The number of rotatable bonds is 9. The Morgan fingerprint density at radius 3 is 2.23 bits per heavy atom. The molecule has 3 aromatic carbocycles. The molecule has 1 N–H and O–H groups in total. The summed E-state index contributed by atoms with van der Waals surface area (Å²) in [5, 5.41) is 0.768. The van der Waals surface area contributed by atoms with Crippen LogP contribution in [0.3, 0.4) is 0 Å². The third kappa shape index (κ3) is 5.94. The van der Waals surface area contributed by atoms with E-state index < -0.39 is 22.0 Å². The third-order valence-electron chi connectivity index (χ3n) is 5.36. The predicted molar refractivity (Wildman–Crippen MR) is 136 cm³/mol. The lowest BCUT2D eigenvalue weighted by atomic mass is 10.1. The Balaban J connectivity index is 1.51. The van der Waals surface area contributed by atoms with Gasteiger partial charge in [0.15, 0.2) is 0 Å². The molecule has 0 saturated heterocycles. The van der Waals surface area contributed by atoms with E-state index in [1.54, 1.807) is 25.4 Å². The molecule has 1 aromatic heterocycles. The molecule has 0 spiro atoms. The minimum absolute atomic E-state index is 0.0511. The molecule has 0 bridgehead atoms. The number of benzene rings is 3. The number of nitrogens with zero attached hydrogens (tertiary/aromatic N) is 1. The maximum absolute atomic E-state index is 13.0. The number of nitrogens with one attached hydrogen (secondary N) is 1. The van der Waals surface area contributed by atoms with Crippen LogP contribution in [0.2, 0.25) is 0 Å². The number of hydrogen-bond acceptors (Lipinski definition) is 7. The van der Waals surface area contributed by atoms with Crippen molar-refractivity contribution in [1.82, 2.24) is 9.71 Å². The molecular formula is C26H24N2O5S2. The highest BCUT2D eigenvalue weighted by Gasteiger charge is 2.27. The fourth-order valence-electron chi connectivity index (χ4n) is 3.49. The van der Waals surface area contributed by atoms with Crippen molar-refractivity contribution < 1.29 is 22.7 Å². The molecule has 9 heteroatoms. The van der Waals surface area contributed by atoms with Crippen LogP contribution in [0, 0.1) is 0 Å². The molecule has 0 amide bonds. The Labute approximate surface area is 208 Å². The maximum Gasteiger partial charge on any atom is 0.324 e. The number of aromatic nitrogens is 1. The Morgan fingerprint density at radius 2 is 1.60 bits per heavy atom. The Bertz CT molecular complexity index is 1380. The summed E-state index contributed by atoms with van der Waals surface area (Å²) in [7, 11) is -1.10. The van der Waals surface area contributed by atoms with Gasteiger partial charge >= 0.3 is 5.97 Å². The molecule has 0 aliphatic heterocycles. The van der Waals surface area contributed by atoms with Crippen molar-refractivity contribution in [2.45, 2.75) is 17.4 Å². The van der Waals surface area contributed by atoms with E-state index in [-0.39, 0.29) is 11.3 Å². The van der Waals surface area contributed by atoms with Crippen molar-refractivity contribution in [3.05, 3.63) is 90.6 Å². The number of methoxy groups -OCH3 is 2. The van der Waals surface area contributed by atoms with E-state index in [1.807, 2.05) is 54.6 Å².